The van der Waals surface area contributed by atoms with Gasteiger partial charge in [-0.3, -0.25) is 4.98 Å². The second kappa shape index (κ2) is 3.60. The van der Waals surface area contributed by atoms with Crippen LogP contribution >= 0.6 is 0 Å². The van der Waals surface area contributed by atoms with Crippen molar-refractivity contribution in [3.8, 4) is 0 Å². The molecule has 0 amide bonds. The summed E-state index contributed by atoms with van der Waals surface area (Å²) in [6, 6.07) is 7.48. The fourth-order valence-corrected chi connectivity index (χ4v) is 2.17. The van der Waals surface area contributed by atoms with Gasteiger partial charge in [-0.1, -0.05) is 24.3 Å². The van der Waals surface area contributed by atoms with Crippen LogP contribution in [0, 0.1) is 0 Å². The zero-order chi connectivity index (χ0) is 10.9. The highest BCUT2D eigenvalue weighted by Gasteiger charge is 2.08. The van der Waals surface area contributed by atoms with Crippen molar-refractivity contribution in [2.75, 3.05) is 0 Å². The Labute approximate surface area is 87.8 Å². The Morgan fingerprint density at radius 1 is 1.20 bits per heavy atom. The minimum Gasteiger partial charge on any atom is -0.264 e. The molecule has 4 nitrogen and oxygen atoms in total. The lowest BCUT2D eigenvalue weighted by atomic mass is 10.1. The highest BCUT2D eigenvalue weighted by molar-refractivity contribution is 7.88. The Balaban J connectivity index is 2.61. The Kier molecular flexibility index (Phi) is 2.42. The third-order valence-corrected chi connectivity index (χ3v) is 2.82. The first kappa shape index (κ1) is 10.1. The molecule has 1 aromatic carbocycles. The van der Waals surface area contributed by atoms with Crippen molar-refractivity contribution in [3.05, 3.63) is 42.2 Å². The van der Waals surface area contributed by atoms with Crippen LogP contribution in [0.15, 0.2) is 36.7 Å². The van der Waals surface area contributed by atoms with Crippen LogP contribution in [-0.4, -0.2) is 13.4 Å². The molecule has 1 aromatic heterocycles. The molecule has 0 bridgehead atoms. The highest BCUT2D eigenvalue weighted by Crippen LogP contribution is 2.18. The summed E-state index contributed by atoms with van der Waals surface area (Å²) in [5, 5.41) is 6.79. The molecule has 78 valence electrons. The predicted octanol–water partition coefficient (Wildman–Crippen LogP) is 1.02. The Morgan fingerprint density at radius 2 is 1.93 bits per heavy atom. The smallest absolute Gasteiger partial charge is 0.213 e. The van der Waals surface area contributed by atoms with E-state index in [4.69, 9.17) is 5.14 Å². The maximum atomic E-state index is 11.0. The second-order valence-corrected chi connectivity index (χ2v) is 4.94. The van der Waals surface area contributed by atoms with Crippen LogP contribution in [0.1, 0.15) is 5.56 Å². The number of nitrogens with zero attached hydrogens (tertiary/aromatic N) is 1. The molecule has 0 spiro atoms. The first-order valence-corrected chi connectivity index (χ1v) is 6.10. The summed E-state index contributed by atoms with van der Waals surface area (Å²) in [5.41, 5.74) is 0.635. The number of rotatable bonds is 2. The fourth-order valence-electron chi connectivity index (χ4n) is 1.51. The molecule has 0 unspecified atom stereocenters. The lowest BCUT2D eigenvalue weighted by Crippen LogP contribution is -2.14. The number of aromatic nitrogens is 1. The number of fused-ring (bicyclic) bond motifs is 1. The summed E-state index contributed by atoms with van der Waals surface area (Å²) in [5.74, 6) is -0.179. The molecule has 2 N–H and O–H groups in total. The van der Waals surface area contributed by atoms with Crippen LogP contribution in [-0.2, 0) is 15.8 Å². The van der Waals surface area contributed by atoms with Crippen molar-refractivity contribution in [3.63, 3.8) is 0 Å². The average molecular weight is 222 g/mol. The van der Waals surface area contributed by atoms with Crippen molar-refractivity contribution in [2.45, 2.75) is 5.75 Å². The summed E-state index contributed by atoms with van der Waals surface area (Å²) in [6.07, 6.45) is 3.23. The van der Waals surface area contributed by atoms with Crippen LogP contribution in [0.2, 0.25) is 0 Å². The van der Waals surface area contributed by atoms with Gasteiger partial charge in [0.25, 0.3) is 0 Å². The van der Waals surface area contributed by atoms with E-state index in [9.17, 15) is 8.42 Å². The van der Waals surface area contributed by atoms with Gasteiger partial charge in [0.2, 0.25) is 10.0 Å². The van der Waals surface area contributed by atoms with Gasteiger partial charge in [-0.05, 0) is 10.9 Å². The van der Waals surface area contributed by atoms with Crippen LogP contribution < -0.4 is 5.14 Å². The molecule has 0 fully saturated rings. The normalized spacial score (nSPS) is 11.8. The number of sulfonamides is 1. The Morgan fingerprint density at radius 3 is 2.67 bits per heavy atom. The molecule has 1 heterocycles. The number of pyridine rings is 1. The van der Waals surface area contributed by atoms with E-state index in [1.807, 2.05) is 24.3 Å². The van der Waals surface area contributed by atoms with Gasteiger partial charge in [0.05, 0.1) is 5.75 Å². The number of hydrogen-bond donors (Lipinski definition) is 1. The first-order chi connectivity index (χ1) is 7.06. The maximum Gasteiger partial charge on any atom is 0.213 e. The molecule has 0 aliphatic rings. The lowest BCUT2D eigenvalue weighted by Gasteiger charge is -2.03. The van der Waals surface area contributed by atoms with Gasteiger partial charge in [0.1, 0.15) is 0 Å². The van der Waals surface area contributed by atoms with Gasteiger partial charge in [0.15, 0.2) is 0 Å². The topological polar surface area (TPSA) is 73.1 Å². The van der Waals surface area contributed by atoms with E-state index in [-0.39, 0.29) is 5.75 Å². The fraction of sp³-hybridized carbons (Fsp3) is 0.100. The molecular weight excluding hydrogens is 212 g/mol. The van der Waals surface area contributed by atoms with Crippen molar-refractivity contribution in [1.29, 1.82) is 0 Å². The third kappa shape index (κ3) is 2.31. The number of nitrogens with two attached hydrogens (primary N) is 1. The van der Waals surface area contributed by atoms with Gasteiger partial charge in [-0.15, -0.1) is 0 Å². The Bertz CT molecular complexity index is 588. The number of primary sulfonamides is 1. The number of benzene rings is 1. The van der Waals surface area contributed by atoms with E-state index in [0.29, 0.717) is 5.56 Å². The highest BCUT2D eigenvalue weighted by atomic mass is 32.2. The summed E-state index contributed by atoms with van der Waals surface area (Å²) in [7, 11) is -3.51. The summed E-state index contributed by atoms with van der Waals surface area (Å²) >= 11 is 0. The molecule has 2 rings (SSSR count). The summed E-state index contributed by atoms with van der Waals surface area (Å²) < 4.78 is 22.0. The minimum atomic E-state index is -3.51. The zero-order valence-corrected chi connectivity index (χ0v) is 8.74. The quantitative estimate of drug-likeness (QED) is 0.824. The van der Waals surface area contributed by atoms with E-state index in [1.165, 1.54) is 6.20 Å². The molecule has 15 heavy (non-hydrogen) atoms. The zero-order valence-electron chi connectivity index (χ0n) is 7.92. The van der Waals surface area contributed by atoms with E-state index >= 15 is 0 Å². The van der Waals surface area contributed by atoms with E-state index in [0.717, 1.165) is 10.8 Å². The lowest BCUT2D eigenvalue weighted by molar-refractivity contribution is 0.597. The second-order valence-electron chi connectivity index (χ2n) is 3.33. The summed E-state index contributed by atoms with van der Waals surface area (Å²) in [6.45, 7) is 0. The molecule has 0 radical (unpaired) electrons. The molecule has 0 aliphatic heterocycles. The van der Waals surface area contributed by atoms with E-state index in [1.54, 1.807) is 6.20 Å². The van der Waals surface area contributed by atoms with Crippen LogP contribution in [0.3, 0.4) is 0 Å². The largest absolute Gasteiger partial charge is 0.264 e. The minimum absolute atomic E-state index is 0.179. The number of hydrogen-bond acceptors (Lipinski definition) is 3. The van der Waals surface area contributed by atoms with Crippen LogP contribution in [0.5, 0.6) is 0 Å². The SMILES string of the molecule is NS(=O)(=O)Cc1cncc2ccccc12. The molecule has 2 aromatic rings. The van der Waals surface area contributed by atoms with Crippen LogP contribution in [0.25, 0.3) is 10.8 Å². The van der Waals surface area contributed by atoms with Gasteiger partial charge < -0.3 is 0 Å². The monoisotopic (exact) mass is 222 g/mol. The summed E-state index contributed by atoms with van der Waals surface area (Å²) in [4.78, 5) is 3.98. The van der Waals surface area contributed by atoms with Gasteiger partial charge in [-0.2, -0.15) is 0 Å². The molecule has 0 saturated heterocycles. The van der Waals surface area contributed by atoms with Gasteiger partial charge in [0, 0.05) is 17.8 Å². The standard InChI is InChI=1S/C10H10N2O2S/c11-15(13,14)7-9-6-12-5-8-3-1-2-4-10(8)9/h1-6H,7H2,(H2,11,13,14). The molecule has 0 atom stereocenters. The van der Waals surface area contributed by atoms with Crippen molar-refractivity contribution in [1.82, 2.24) is 4.98 Å². The van der Waals surface area contributed by atoms with Gasteiger partial charge >= 0.3 is 0 Å². The van der Waals surface area contributed by atoms with Crippen molar-refractivity contribution < 1.29 is 8.42 Å². The molecule has 0 saturated carbocycles. The van der Waals surface area contributed by atoms with E-state index in [2.05, 4.69) is 4.98 Å². The van der Waals surface area contributed by atoms with Crippen LogP contribution in [0.4, 0.5) is 0 Å². The molecule has 5 heteroatoms. The Hall–Kier alpha value is -1.46. The first-order valence-electron chi connectivity index (χ1n) is 4.38. The van der Waals surface area contributed by atoms with Crippen molar-refractivity contribution >= 4 is 20.8 Å². The van der Waals surface area contributed by atoms with Gasteiger partial charge in [-0.25, -0.2) is 13.6 Å². The van der Waals surface area contributed by atoms with Crippen molar-refractivity contribution in [2.24, 2.45) is 5.14 Å². The predicted molar refractivity (Wildman–Crippen MR) is 58.6 cm³/mol. The maximum absolute atomic E-state index is 11.0. The third-order valence-electron chi connectivity index (χ3n) is 2.11. The van der Waals surface area contributed by atoms with E-state index < -0.39 is 10.0 Å². The molecular formula is C10H10N2O2S. The average Bonchev–Trinajstić information content (AvgIpc) is 2.16. The molecule has 0 aliphatic carbocycles.